The second-order valence-electron chi connectivity index (χ2n) is 3.78. The number of aryl methyl sites for hydroxylation is 1. The number of halogens is 1. The minimum absolute atomic E-state index is 0.284. The van der Waals surface area contributed by atoms with Crippen LogP contribution in [0.4, 0.5) is 15.9 Å². The largest absolute Gasteiger partial charge is 0.382 e. The van der Waals surface area contributed by atoms with Crippen molar-refractivity contribution in [2.24, 2.45) is 17.8 Å². The van der Waals surface area contributed by atoms with E-state index in [2.05, 4.69) is 15.3 Å². The van der Waals surface area contributed by atoms with Gasteiger partial charge in [-0.1, -0.05) is 0 Å². The summed E-state index contributed by atoms with van der Waals surface area (Å²) in [5.41, 5.74) is 7.05. The molecule has 0 bridgehead atoms. The fourth-order valence-corrected chi connectivity index (χ4v) is 1.62. The average molecular weight is 247 g/mol. The van der Waals surface area contributed by atoms with Crippen molar-refractivity contribution in [2.45, 2.75) is 0 Å². The summed E-state index contributed by atoms with van der Waals surface area (Å²) in [6.45, 7) is 0. The molecule has 1 heterocycles. The number of anilines is 1. The molecular formula is C12H14FN5. The van der Waals surface area contributed by atoms with Gasteiger partial charge in [-0.25, -0.2) is 14.4 Å². The number of hydrogen-bond donors (Lipinski definition) is 2. The summed E-state index contributed by atoms with van der Waals surface area (Å²) >= 11 is 0. The third kappa shape index (κ3) is 2.32. The van der Waals surface area contributed by atoms with Crippen molar-refractivity contribution < 1.29 is 4.39 Å². The standard InChI is InChI=1S/C12H14FN5/c1-15-12-10(16-7-18(12)2)11(14)17-9-5-3-8(13)4-6-9/h3-7,15H,1-2H3,(H2,14,17). The van der Waals surface area contributed by atoms with Crippen LogP contribution in [-0.4, -0.2) is 22.4 Å². The van der Waals surface area contributed by atoms with Gasteiger partial charge in [0.2, 0.25) is 0 Å². The van der Waals surface area contributed by atoms with Crippen LogP contribution in [0.2, 0.25) is 0 Å². The van der Waals surface area contributed by atoms with E-state index in [0.29, 0.717) is 11.4 Å². The lowest BCUT2D eigenvalue weighted by molar-refractivity contribution is 0.628. The Kier molecular flexibility index (Phi) is 3.27. The van der Waals surface area contributed by atoms with Crippen LogP contribution in [0.1, 0.15) is 5.69 Å². The minimum Gasteiger partial charge on any atom is -0.382 e. The third-order valence-corrected chi connectivity index (χ3v) is 2.49. The summed E-state index contributed by atoms with van der Waals surface area (Å²) in [5.74, 6) is 0.756. The molecule has 1 aromatic carbocycles. The zero-order valence-corrected chi connectivity index (χ0v) is 10.2. The van der Waals surface area contributed by atoms with Gasteiger partial charge in [0.15, 0.2) is 5.84 Å². The third-order valence-electron chi connectivity index (χ3n) is 2.49. The second-order valence-corrected chi connectivity index (χ2v) is 3.78. The number of nitrogens with zero attached hydrogens (tertiary/aromatic N) is 3. The summed E-state index contributed by atoms with van der Waals surface area (Å²) in [6, 6.07) is 5.79. The Bertz CT molecular complexity index is 571. The van der Waals surface area contributed by atoms with Crippen molar-refractivity contribution in [3.8, 4) is 0 Å². The first-order valence-electron chi connectivity index (χ1n) is 5.41. The highest BCUT2D eigenvalue weighted by atomic mass is 19.1. The van der Waals surface area contributed by atoms with Gasteiger partial charge in [-0.3, -0.25) is 0 Å². The quantitative estimate of drug-likeness (QED) is 0.640. The maximum absolute atomic E-state index is 12.8. The molecule has 5 nitrogen and oxygen atoms in total. The van der Waals surface area contributed by atoms with Gasteiger partial charge in [0.25, 0.3) is 0 Å². The molecule has 2 rings (SSSR count). The smallest absolute Gasteiger partial charge is 0.153 e. The zero-order valence-electron chi connectivity index (χ0n) is 10.2. The zero-order chi connectivity index (χ0) is 13.1. The van der Waals surface area contributed by atoms with Crippen molar-refractivity contribution >= 4 is 17.3 Å². The topological polar surface area (TPSA) is 68.2 Å². The first-order valence-corrected chi connectivity index (χ1v) is 5.41. The van der Waals surface area contributed by atoms with Crippen molar-refractivity contribution in [1.29, 1.82) is 0 Å². The van der Waals surface area contributed by atoms with Crippen LogP contribution in [0.15, 0.2) is 35.6 Å². The van der Waals surface area contributed by atoms with Gasteiger partial charge in [0.1, 0.15) is 17.3 Å². The van der Waals surface area contributed by atoms with E-state index in [9.17, 15) is 4.39 Å². The Balaban J connectivity index is 2.35. The van der Waals surface area contributed by atoms with E-state index in [0.717, 1.165) is 5.82 Å². The van der Waals surface area contributed by atoms with Gasteiger partial charge in [-0.05, 0) is 24.3 Å². The lowest BCUT2D eigenvalue weighted by Gasteiger charge is -2.04. The summed E-state index contributed by atoms with van der Waals surface area (Å²) in [7, 11) is 3.64. The molecule has 0 aliphatic heterocycles. The van der Waals surface area contributed by atoms with Crippen LogP contribution in [0.5, 0.6) is 0 Å². The SMILES string of the molecule is CNc1c(C(N)=Nc2ccc(F)cc2)ncn1C. The molecule has 0 saturated heterocycles. The molecule has 0 atom stereocenters. The van der Waals surface area contributed by atoms with E-state index in [1.54, 1.807) is 25.5 Å². The van der Waals surface area contributed by atoms with Gasteiger partial charge in [-0.2, -0.15) is 0 Å². The Morgan fingerprint density at radius 2 is 2.06 bits per heavy atom. The average Bonchev–Trinajstić information content (AvgIpc) is 2.73. The van der Waals surface area contributed by atoms with E-state index in [-0.39, 0.29) is 11.7 Å². The Morgan fingerprint density at radius 3 is 2.67 bits per heavy atom. The molecule has 0 spiro atoms. The molecule has 1 aromatic heterocycles. The lowest BCUT2D eigenvalue weighted by atomic mass is 10.3. The van der Waals surface area contributed by atoms with Crippen LogP contribution in [0.3, 0.4) is 0 Å². The number of benzene rings is 1. The van der Waals surface area contributed by atoms with Crippen molar-refractivity contribution in [1.82, 2.24) is 9.55 Å². The normalized spacial score (nSPS) is 11.6. The molecule has 6 heteroatoms. The number of imidazole rings is 1. The summed E-state index contributed by atoms with van der Waals surface area (Å²) < 4.78 is 14.6. The van der Waals surface area contributed by atoms with Crippen molar-refractivity contribution in [3.05, 3.63) is 42.1 Å². The summed E-state index contributed by atoms with van der Waals surface area (Å²) in [5, 5.41) is 3.00. The maximum atomic E-state index is 12.8. The molecule has 18 heavy (non-hydrogen) atoms. The van der Waals surface area contributed by atoms with Crippen LogP contribution in [-0.2, 0) is 7.05 Å². The molecular weight excluding hydrogens is 233 g/mol. The Hall–Kier alpha value is -2.37. The van der Waals surface area contributed by atoms with Gasteiger partial charge >= 0.3 is 0 Å². The van der Waals surface area contributed by atoms with E-state index < -0.39 is 0 Å². The van der Waals surface area contributed by atoms with Crippen molar-refractivity contribution in [2.75, 3.05) is 12.4 Å². The Labute approximate surface area is 104 Å². The second kappa shape index (κ2) is 4.87. The molecule has 0 aliphatic carbocycles. The molecule has 0 radical (unpaired) electrons. The number of nitrogens with two attached hydrogens (primary N) is 1. The fraction of sp³-hybridized carbons (Fsp3) is 0.167. The number of hydrogen-bond acceptors (Lipinski definition) is 3. The molecule has 3 N–H and O–H groups in total. The van der Waals surface area contributed by atoms with Gasteiger partial charge in [0.05, 0.1) is 12.0 Å². The van der Waals surface area contributed by atoms with Crippen LogP contribution in [0.25, 0.3) is 0 Å². The number of aliphatic imine (C=N–C) groups is 1. The molecule has 0 saturated carbocycles. The molecule has 0 unspecified atom stereocenters. The van der Waals surface area contributed by atoms with Crippen LogP contribution in [0, 0.1) is 5.82 Å². The van der Waals surface area contributed by atoms with Gasteiger partial charge < -0.3 is 15.6 Å². The monoisotopic (exact) mass is 247 g/mol. The predicted octanol–water partition coefficient (Wildman–Crippen LogP) is 1.64. The molecule has 0 amide bonds. The van der Waals surface area contributed by atoms with Crippen LogP contribution >= 0.6 is 0 Å². The highest BCUT2D eigenvalue weighted by Gasteiger charge is 2.10. The van der Waals surface area contributed by atoms with E-state index >= 15 is 0 Å². The first kappa shape index (κ1) is 12.1. The number of rotatable bonds is 3. The van der Waals surface area contributed by atoms with Crippen LogP contribution < -0.4 is 11.1 Å². The van der Waals surface area contributed by atoms with E-state index in [4.69, 9.17) is 5.73 Å². The van der Waals surface area contributed by atoms with Crippen molar-refractivity contribution in [3.63, 3.8) is 0 Å². The van der Waals surface area contributed by atoms with E-state index in [1.807, 2.05) is 11.6 Å². The first-order chi connectivity index (χ1) is 8.61. The lowest BCUT2D eigenvalue weighted by Crippen LogP contribution is -2.15. The number of aromatic nitrogens is 2. The molecule has 0 aliphatic rings. The minimum atomic E-state index is -0.304. The number of amidine groups is 1. The molecule has 2 aromatic rings. The Morgan fingerprint density at radius 1 is 1.39 bits per heavy atom. The predicted molar refractivity (Wildman–Crippen MR) is 69.5 cm³/mol. The highest BCUT2D eigenvalue weighted by Crippen LogP contribution is 2.16. The van der Waals surface area contributed by atoms with Gasteiger partial charge in [-0.15, -0.1) is 0 Å². The van der Waals surface area contributed by atoms with Gasteiger partial charge in [0, 0.05) is 14.1 Å². The molecule has 0 fully saturated rings. The number of nitrogens with one attached hydrogen (secondary N) is 1. The highest BCUT2D eigenvalue weighted by molar-refractivity contribution is 6.01. The maximum Gasteiger partial charge on any atom is 0.153 e. The summed E-state index contributed by atoms with van der Waals surface area (Å²) in [6.07, 6.45) is 1.65. The van der Waals surface area contributed by atoms with E-state index in [1.165, 1.54) is 12.1 Å². The fourth-order valence-electron chi connectivity index (χ4n) is 1.62. The molecule has 94 valence electrons. The summed E-state index contributed by atoms with van der Waals surface area (Å²) in [4.78, 5) is 8.38.